The van der Waals surface area contributed by atoms with Crippen LogP contribution in [0.25, 0.3) is 0 Å². The fraction of sp³-hybridized carbons (Fsp3) is 0.929. The predicted octanol–water partition coefficient (Wildman–Crippen LogP) is 7.16. The molecule has 0 N–H and O–H groups in total. The molecule has 0 amide bonds. The Hall–Kier alpha value is -1.83. The summed E-state index contributed by atoms with van der Waals surface area (Å²) >= 11 is 0. The van der Waals surface area contributed by atoms with Crippen LogP contribution in [0.1, 0.15) is 71.6 Å². The van der Waals surface area contributed by atoms with Crippen LogP contribution in [-0.2, 0) is 29.2 Å². The summed E-state index contributed by atoms with van der Waals surface area (Å²) in [5.74, 6) is -97.4. The van der Waals surface area contributed by atoms with Gasteiger partial charge in [0.05, 0.1) is 6.42 Å². The van der Waals surface area contributed by atoms with Crippen LogP contribution in [0.2, 0.25) is 0 Å². The molecule has 0 bridgehead atoms. The van der Waals surface area contributed by atoms with Gasteiger partial charge in [-0.25, -0.2) is 8.42 Å². The summed E-state index contributed by atoms with van der Waals surface area (Å²) in [6.07, 6.45) is -11.1. The minimum absolute atomic E-state index is 0. The Balaban J connectivity index is 0. The number of ether oxygens (including phenoxy) is 2. The molecule has 0 aliphatic rings. The van der Waals surface area contributed by atoms with Crippen LogP contribution < -0.4 is 29.6 Å². The van der Waals surface area contributed by atoms with Crippen LogP contribution in [0.3, 0.4) is 0 Å². The molecule has 0 aromatic heterocycles. The standard InChI is InChI=1S/C28H30F24O7S.Na/c1-3-5-7-9-17(29,30)21(37,38)25(45,46)27(49,50)23(41,42)19(33,34)12-58-15(53)11-14(60(55,56)57)16(54)59-13-20(35,36)24(43,44)28(51,52)26(47,48)22(39,40)18(31,32)10-8-6-4-2;/h14H,3-13H2,1-2H3,(H,55,56,57);/q;+1/p-1. The monoisotopic (exact) mass is 988 g/mol. The first-order valence-electron chi connectivity index (χ1n) is 16.0. The van der Waals surface area contributed by atoms with Crippen LogP contribution in [-0.4, -0.2) is 114 Å². The van der Waals surface area contributed by atoms with Crippen LogP contribution >= 0.6 is 0 Å². The smallest absolute Gasteiger partial charge is 0.747 e. The van der Waals surface area contributed by atoms with E-state index in [0.29, 0.717) is 0 Å². The summed E-state index contributed by atoms with van der Waals surface area (Å²) < 4.78 is 376. The summed E-state index contributed by atoms with van der Waals surface area (Å²) in [6, 6.07) is 0. The van der Waals surface area contributed by atoms with Crippen LogP contribution in [0.4, 0.5) is 105 Å². The molecule has 0 saturated heterocycles. The van der Waals surface area contributed by atoms with E-state index >= 15 is 0 Å². The third-order valence-electron chi connectivity index (χ3n) is 8.17. The molecule has 0 saturated carbocycles. The van der Waals surface area contributed by atoms with Gasteiger partial charge < -0.3 is 14.0 Å². The Labute approximate surface area is 349 Å². The predicted molar refractivity (Wildman–Crippen MR) is 148 cm³/mol. The molecule has 7 nitrogen and oxygen atoms in total. The third-order valence-corrected chi connectivity index (χ3v) is 9.22. The molecule has 0 heterocycles. The van der Waals surface area contributed by atoms with Crippen molar-refractivity contribution in [3.05, 3.63) is 0 Å². The largest absolute Gasteiger partial charge is 1.00 e. The van der Waals surface area contributed by atoms with Gasteiger partial charge in [0.25, 0.3) is 0 Å². The van der Waals surface area contributed by atoms with E-state index in [-0.39, 0.29) is 42.4 Å². The average molecular weight is 989 g/mol. The van der Waals surface area contributed by atoms with Gasteiger partial charge in [-0.3, -0.25) is 9.59 Å². The van der Waals surface area contributed by atoms with Gasteiger partial charge in [-0.05, 0) is 12.8 Å². The summed E-state index contributed by atoms with van der Waals surface area (Å²) in [4.78, 5) is 23.6. The Kier molecular flexibility index (Phi) is 19.8. The molecule has 0 aliphatic carbocycles. The second kappa shape index (κ2) is 19.7. The van der Waals surface area contributed by atoms with Crippen molar-refractivity contribution < 1.29 is 167 Å². The van der Waals surface area contributed by atoms with Gasteiger partial charge in [0.15, 0.2) is 18.5 Å². The first-order chi connectivity index (χ1) is 26.2. The zero-order valence-corrected chi connectivity index (χ0v) is 33.5. The third kappa shape index (κ3) is 11.5. The van der Waals surface area contributed by atoms with Crippen LogP contribution in [0.5, 0.6) is 0 Å². The van der Waals surface area contributed by atoms with E-state index in [1.807, 2.05) is 0 Å². The Morgan fingerprint density at radius 3 is 0.984 bits per heavy atom. The summed E-state index contributed by atoms with van der Waals surface area (Å²) in [6.45, 7) is -5.35. The second-order valence-electron chi connectivity index (χ2n) is 12.8. The maximum Gasteiger partial charge on any atom is 1.00 e. The number of esters is 2. The summed E-state index contributed by atoms with van der Waals surface area (Å²) in [7, 11) is -6.84. The second-order valence-corrected chi connectivity index (χ2v) is 14.3. The number of rotatable bonds is 26. The Morgan fingerprint density at radius 2 is 0.721 bits per heavy atom. The first-order valence-corrected chi connectivity index (χ1v) is 17.5. The zero-order chi connectivity index (χ0) is 48.4. The maximum absolute atomic E-state index is 14.1. The van der Waals surface area contributed by atoms with Gasteiger partial charge in [0.1, 0.15) is 10.1 Å². The van der Waals surface area contributed by atoms with E-state index in [1.165, 1.54) is 13.8 Å². The van der Waals surface area contributed by atoms with E-state index in [2.05, 4.69) is 9.47 Å². The summed E-state index contributed by atoms with van der Waals surface area (Å²) in [5.41, 5.74) is 0. The van der Waals surface area contributed by atoms with E-state index < -0.39 is 157 Å². The van der Waals surface area contributed by atoms with E-state index in [0.717, 1.165) is 0 Å². The molecular formula is C28H29F24NaO7S. The van der Waals surface area contributed by atoms with Crippen molar-refractivity contribution in [1.82, 2.24) is 0 Å². The summed E-state index contributed by atoms with van der Waals surface area (Å²) in [5, 5.41) is -4.23. The first kappa shape index (κ1) is 61.3. The van der Waals surface area contributed by atoms with Gasteiger partial charge >= 0.3 is 113 Å². The molecular weight excluding hydrogens is 959 g/mol. The van der Waals surface area contributed by atoms with Crippen molar-refractivity contribution in [3.63, 3.8) is 0 Å². The quantitative estimate of drug-likeness (QED) is 0.0298. The zero-order valence-electron chi connectivity index (χ0n) is 30.7. The number of halogens is 24. The maximum atomic E-state index is 14.1. The minimum atomic E-state index is -8.28. The van der Waals surface area contributed by atoms with Crippen molar-refractivity contribution in [2.45, 2.75) is 148 Å². The van der Waals surface area contributed by atoms with Crippen molar-refractivity contribution in [2.75, 3.05) is 13.2 Å². The van der Waals surface area contributed by atoms with Gasteiger partial charge in [0.2, 0.25) is 0 Å². The molecule has 1 unspecified atom stereocenters. The van der Waals surface area contributed by atoms with E-state index in [4.69, 9.17) is 0 Å². The van der Waals surface area contributed by atoms with Crippen molar-refractivity contribution >= 4 is 22.1 Å². The fourth-order valence-corrected chi connectivity index (χ4v) is 4.98. The minimum Gasteiger partial charge on any atom is -0.747 e. The van der Waals surface area contributed by atoms with Crippen molar-refractivity contribution in [1.29, 1.82) is 0 Å². The Morgan fingerprint density at radius 1 is 0.459 bits per heavy atom. The molecule has 61 heavy (non-hydrogen) atoms. The number of hydrogen-bond acceptors (Lipinski definition) is 7. The molecule has 0 fully saturated rings. The Bertz CT molecular complexity index is 1590. The number of hydrogen-bond donors (Lipinski definition) is 0. The van der Waals surface area contributed by atoms with Gasteiger partial charge in [-0.15, -0.1) is 0 Å². The van der Waals surface area contributed by atoms with Gasteiger partial charge in [-0.1, -0.05) is 39.5 Å². The molecule has 0 rings (SSSR count). The molecule has 1 atom stereocenters. The van der Waals surface area contributed by atoms with Gasteiger partial charge in [0, 0.05) is 12.8 Å². The molecule has 0 aliphatic heterocycles. The van der Waals surface area contributed by atoms with Crippen molar-refractivity contribution in [2.24, 2.45) is 0 Å². The fourth-order valence-electron chi connectivity index (χ4n) is 4.34. The molecule has 33 heteroatoms. The number of carbonyl (C=O) groups is 2. The van der Waals surface area contributed by atoms with Crippen LogP contribution in [0.15, 0.2) is 0 Å². The van der Waals surface area contributed by atoms with Gasteiger partial charge in [-0.2, -0.15) is 105 Å². The van der Waals surface area contributed by atoms with E-state index in [9.17, 15) is 128 Å². The van der Waals surface area contributed by atoms with E-state index in [1.54, 1.807) is 0 Å². The molecule has 0 aromatic rings. The molecule has 0 spiro atoms. The normalized spacial score (nSPS) is 15.6. The number of alkyl halides is 24. The molecule has 0 radical (unpaired) electrons. The van der Waals surface area contributed by atoms with Crippen molar-refractivity contribution in [3.8, 4) is 0 Å². The number of carbonyl (C=O) groups excluding carboxylic acids is 2. The van der Waals surface area contributed by atoms with Crippen LogP contribution in [0, 0.1) is 0 Å². The average Bonchev–Trinajstić information content (AvgIpc) is 3.07. The topological polar surface area (TPSA) is 110 Å². The molecule has 358 valence electrons. The molecule has 0 aromatic carbocycles. The number of unbranched alkanes of at least 4 members (excludes halogenated alkanes) is 4. The SMILES string of the molecule is CCCCCC(F)(F)C(F)(F)C(F)(F)C(F)(F)C(F)(F)C(F)(F)COC(=O)CC(C(=O)OCC(F)(F)C(F)(F)C(F)(F)C(F)(F)C(F)(F)C(F)(F)CCCCC)S(=O)(=O)[O-].[Na+].